The van der Waals surface area contributed by atoms with Crippen molar-refractivity contribution in [3.8, 4) is 0 Å². The zero-order valence-electron chi connectivity index (χ0n) is 10.5. The van der Waals surface area contributed by atoms with Crippen LogP contribution in [0.2, 0.25) is 0 Å². The Morgan fingerprint density at radius 2 is 2.41 bits per heavy atom. The summed E-state index contributed by atoms with van der Waals surface area (Å²) in [4.78, 5) is 17.7. The van der Waals surface area contributed by atoms with Gasteiger partial charge in [-0.05, 0) is 18.8 Å². The number of hydrogen-bond acceptors (Lipinski definition) is 5. The molecule has 1 aliphatic heterocycles. The summed E-state index contributed by atoms with van der Waals surface area (Å²) in [7, 11) is 0. The number of aromatic nitrogens is 1. The molecule has 0 aromatic carbocycles. The highest BCUT2D eigenvalue weighted by molar-refractivity contribution is 5.87. The maximum absolute atomic E-state index is 11.4. The number of carbonyl (C=O) groups is 1. The van der Waals surface area contributed by atoms with E-state index in [0.717, 1.165) is 19.5 Å². The molecule has 0 radical (unpaired) electrons. The van der Waals surface area contributed by atoms with Gasteiger partial charge in [-0.15, -0.1) is 0 Å². The van der Waals surface area contributed by atoms with Crippen molar-refractivity contribution in [2.24, 2.45) is 5.41 Å². The Labute approximate surface area is 101 Å². The third-order valence-corrected chi connectivity index (χ3v) is 2.92. The van der Waals surface area contributed by atoms with Gasteiger partial charge in [-0.25, -0.2) is 4.79 Å². The second kappa shape index (κ2) is 4.39. The maximum Gasteiger partial charge on any atom is 0.360 e. The first-order chi connectivity index (χ1) is 8.02. The predicted molar refractivity (Wildman–Crippen MR) is 63.1 cm³/mol. The van der Waals surface area contributed by atoms with Crippen molar-refractivity contribution in [2.75, 3.05) is 24.6 Å². The summed E-state index contributed by atoms with van der Waals surface area (Å²) >= 11 is 0. The molecule has 2 rings (SSSR count). The summed E-state index contributed by atoms with van der Waals surface area (Å²) in [6.07, 6.45) is 2.46. The smallest absolute Gasteiger partial charge is 0.360 e. The Hall–Kier alpha value is -1.52. The van der Waals surface area contributed by atoms with Crippen LogP contribution in [0.3, 0.4) is 0 Å². The standard InChI is InChI=1S/C12H18N2O3/c1-4-16-10(15)9-7-17-11(13-9)14-6-5-12(2,3)8-14/h7H,4-6,8H2,1-3H3. The van der Waals surface area contributed by atoms with Gasteiger partial charge in [0.2, 0.25) is 0 Å². The van der Waals surface area contributed by atoms with Crippen molar-refractivity contribution >= 4 is 12.0 Å². The lowest BCUT2D eigenvalue weighted by Gasteiger charge is -2.17. The third kappa shape index (κ3) is 2.60. The summed E-state index contributed by atoms with van der Waals surface area (Å²) < 4.78 is 10.2. The molecule has 0 bridgehead atoms. The molecule has 0 saturated carbocycles. The van der Waals surface area contributed by atoms with Crippen LogP contribution in [0.5, 0.6) is 0 Å². The average Bonchev–Trinajstić information content (AvgIpc) is 2.84. The molecule has 2 heterocycles. The molecule has 1 aliphatic rings. The van der Waals surface area contributed by atoms with Crippen molar-refractivity contribution in [3.63, 3.8) is 0 Å². The van der Waals surface area contributed by atoms with Gasteiger partial charge in [-0.2, -0.15) is 4.98 Å². The first kappa shape index (κ1) is 12.0. The number of anilines is 1. The van der Waals surface area contributed by atoms with Gasteiger partial charge in [0.15, 0.2) is 5.69 Å². The van der Waals surface area contributed by atoms with Gasteiger partial charge < -0.3 is 14.1 Å². The van der Waals surface area contributed by atoms with Crippen LogP contribution >= 0.6 is 0 Å². The topological polar surface area (TPSA) is 55.6 Å². The molecule has 0 unspecified atom stereocenters. The van der Waals surface area contributed by atoms with Gasteiger partial charge in [-0.1, -0.05) is 13.8 Å². The summed E-state index contributed by atoms with van der Waals surface area (Å²) in [5, 5.41) is 0. The van der Waals surface area contributed by atoms with Crippen molar-refractivity contribution in [1.82, 2.24) is 4.98 Å². The Bertz CT molecular complexity index is 412. The van der Waals surface area contributed by atoms with Gasteiger partial charge >= 0.3 is 5.97 Å². The van der Waals surface area contributed by atoms with Gasteiger partial charge in [-0.3, -0.25) is 0 Å². The lowest BCUT2D eigenvalue weighted by molar-refractivity contribution is 0.0519. The quantitative estimate of drug-likeness (QED) is 0.755. The zero-order valence-corrected chi connectivity index (χ0v) is 10.5. The zero-order chi connectivity index (χ0) is 12.5. The van der Waals surface area contributed by atoms with Gasteiger partial charge in [0.25, 0.3) is 6.01 Å². The lowest BCUT2D eigenvalue weighted by atomic mass is 9.93. The predicted octanol–water partition coefficient (Wildman–Crippen LogP) is 2.09. The van der Waals surface area contributed by atoms with Gasteiger partial charge in [0, 0.05) is 13.1 Å². The summed E-state index contributed by atoms with van der Waals surface area (Å²) in [5.41, 5.74) is 0.519. The molecular formula is C12H18N2O3. The summed E-state index contributed by atoms with van der Waals surface area (Å²) in [5.74, 6) is -0.430. The molecule has 0 spiro atoms. The molecule has 5 nitrogen and oxygen atoms in total. The normalized spacial score (nSPS) is 18.4. The number of oxazole rings is 1. The van der Waals surface area contributed by atoms with E-state index in [2.05, 4.69) is 23.7 Å². The number of rotatable bonds is 3. The van der Waals surface area contributed by atoms with Crippen molar-refractivity contribution in [1.29, 1.82) is 0 Å². The van der Waals surface area contributed by atoms with E-state index in [1.54, 1.807) is 6.92 Å². The summed E-state index contributed by atoms with van der Waals surface area (Å²) in [6.45, 7) is 8.34. The number of carbonyl (C=O) groups excluding carboxylic acids is 1. The molecule has 5 heteroatoms. The van der Waals surface area contributed by atoms with Crippen LogP contribution in [0.1, 0.15) is 37.7 Å². The molecule has 0 amide bonds. The van der Waals surface area contributed by atoms with E-state index in [9.17, 15) is 4.79 Å². The third-order valence-electron chi connectivity index (χ3n) is 2.92. The Balaban J connectivity index is 2.06. The fourth-order valence-corrected chi connectivity index (χ4v) is 1.98. The van der Waals surface area contributed by atoms with E-state index in [-0.39, 0.29) is 11.1 Å². The minimum Gasteiger partial charge on any atom is -0.461 e. The second-order valence-corrected chi connectivity index (χ2v) is 5.07. The highest BCUT2D eigenvalue weighted by Crippen LogP contribution is 2.31. The molecule has 1 saturated heterocycles. The van der Waals surface area contributed by atoms with Crippen molar-refractivity contribution in [2.45, 2.75) is 27.2 Å². The minimum atomic E-state index is -0.430. The Morgan fingerprint density at radius 1 is 1.65 bits per heavy atom. The first-order valence-electron chi connectivity index (χ1n) is 5.89. The van der Waals surface area contributed by atoms with Crippen LogP contribution in [-0.2, 0) is 4.74 Å². The Kier molecular flexibility index (Phi) is 3.09. The molecule has 0 atom stereocenters. The second-order valence-electron chi connectivity index (χ2n) is 5.07. The van der Waals surface area contributed by atoms with Crippen molar-refractivity contribution < 1.29 is 13.9 Å². The monoisotopic (exact) mass is 238 g/mol. The van der Waals surface area contributed by atoms with Crippen LogP contribution in [0.4, 0.5) is 6.01 Å². The highest BCUT2D eigenvalue weighted by Gasteiger charge is 2.32. The summed E-state index contributed by atoms with van der Waals surface area (Å²) in [6, 6.07) is 0.513. The highest BCUT2D eigenvalue weighted by atomic mass is 16.5. The fourth-order valence-electron chi connectivity index (χ4n) is 1.98. The van der Waals surface area contributed by atoms with E-state index >= 15 is 0 Å². The van der Waals surface area contributed by atoms with Crippen LogP contribution < -0.4 is 4.90 Å². The van der Waals surface area contributed by atoms with Crippen LogP contribution in [0.15, 0.2) is 10.7 Å². The molecule has 94 valence electrons. The molecular weight excluding hydrogens is 220 g/mol. The molecule has 1 fully saturated rings. The number of ether oxygens (including phenoxy) is 1. The van der Waals surface area contributed by atoms with Crippen LogP contribution in [-0.4, -0.2) is 30.6 Å². The lowest BCUT2D eigenvalue weighted by Crippen LogP contribution is -2.23. The van der Waals surface area contributed by atoms with Crippen molar-refractivity contribution in [3.05, 3.63) is 12.0 Å². The number of hydrogen-bond donors (Lipinski definition) is 0. The van der Waals surface area contributed by atoms with E-state index in [1.807, 2.05) is 0 Å². The average molecular weight is 238 g/mol. The SMILES string of the molecule is CCOC(=O)c1coc(N2CCC(C)(C)C2)n1. The van der Waals surface area contributed by atoms with Crippen LogP contribution in [0, 0.1) is 5.41 Å². The fraction of sp³-hybridized carbons (Fsp3) is 0.667. The van der Waals surface area contributed by atoms with Gasteiger partial charge in [0.1, 0.15) is 6.26 Å². The molecule has 1 aromatic heterocycles. The Morgan fingerprint density at radius 3 is 3.00 bits per heavy atom. The molecule has 0 N–H and O–H groups in total. The maximum atomic E-state index is 11.4. The number of nitrogens with zero attached hydrogens (tertiary/aromatic N) is 2. The first-order valence-corrected chi connectivity index (χ1v) is 5.89. The molecule has 17 heavy (non-hydrogen) atoms. The van der Waals surface area contributed by atoms with E-state index < -0.39 is 5.97 Å². The minimum absolute atomic E-state index is 0.242. The molecule has 0 aliphatic carbocycles. The number of esters is 1. The van der Waals surface area contributed by atoms with E-state index in [1.165, 1.54) is 6.26 Å². The van der Waals surface area contributed by atoms with Crippen LogP contribution in [0.25, 0.3) is 0 Å². The van der Waals surface area contributed by atoms with E-state index in [0.29, 0.717) is 12.6 Å². The van der Waals surface area contributed by atoms with E-state index in [4.69, 9.17) is 9.15 Å². The molecule has 1 aromatic rings. The van der Waals surface area contributed by atoms with Gasteiger partial charge in [0.05, 0.1) is 6.61 Å². The largest absolute Gasteiger partial charge is 0.461 e.